The number of hydrogen-bond acceptors (Lipinski definition) is 3. The summed E-state index contributed by atoms with van der Waals surface area (Å²) in [6.45, 7) is 0.646. The summed E-state index contributed by atoms with van der Waals surface area (Å²) in [7, 11) is 0. The maximum Gasteiger partial charge on any atom is 0.269 e. The Morgan fingerprint density at radius 2 is 1.87 bits per heavy atom. The fourth-order valence-electron chi connectivity index (χ4n) is 2.34. The zero-order valence-corrected chi connectivity index (χ0v) is 12.4. The number of rotatable bonds is 5. The third-order valence-electron chi connectivity index (χ3n) is 3.50. The Balaban J connectivity index is 1.97. The number of non-ortho nitro benzene ring substituents is 1. The molecule has 3 rings (SSSR count). The average Bonchev–Trinajstić information content (AvgIpc) is 3.08. The van der Waals surface area contributed by atoms with Crippen LogP contribution in [0.25, 0.3) is 11.6 Å². The number of imidazole rings is 1. The number of aromatic nitrogens is 2. The monoisotopic (exact) mass is 305 g/mol. The molecule has 23 heavy (non-hydrogen) atoms. The summed E-state index contributed by atoms with van der Waals surface area (Å²) >= 11 is 0. The van der Waals surface area contributed by atoms with Gasteiger partial charge in [0.05, 0.1) is 11.3 Å². The Hall–Kier alpha value is -3.21. The molecule has 0 aliphatic heterocycles. The highest BCUT2D eigenvalue weighted by atomic mass is 16.6. The summed E-state index contributed by atoms with van der Waals surface area (Å²) in [4.78, 5) is 14.5. The topological polar surface area (TPSA) is 61.0 Å². The van der Waals surface area contributed by atoms with Crippen molar-refractivity contribution in [2.75, 3.05) is 0 Å². The lowest BCUT2D eigenvalue weighted by Gasteiger charge is -2.09. The molecular formula is C18H15N3O2. The van der Waals surface area contributed by atoms with Crippen molar-refractivity contribution in [2.24, 2.45) is 0 Å². The van der Waals surface area contributed by atoms with Gasteiger partial charge in [-0.25, -0.2) is 4.98 Å². The van der Waals surface area contributed by atoms with E-state index in [0.29, 0.717) is 6.54 Å². The van der Waals surface area contributed by atoms with Crippen molar-refractivity contribution in [3.05, 3.63) is 94.6 Å². The molecule has 0 aliphatic carbocycles. The molecule has 5 heteroatoms. The molecule has 1 aromatic heterocycles. The van der Waals surface area contributed by atoms with Crippen LogP contribution < -0.4 is 0 Å². The Bertz CT molecular complexity index is 807. The SMILES string of the molecule is O=[N+]([O-])c1ccc(/C(=C/c2ccccc2)Cn2ccnc2)cc1. The first-order valence-electron chi connectivity index (χ1n) is 7.18. The molecule has 2 aromatic carbocycles. The normalized spacial score (nSPS) is 11.4. The highest BCUT2D eigenvalue weighted by molar-refractivity contribution is 5.81. The van der Waals surface area contributed by atoms with Gasteiger partial charge >= 0.3 is 0 Å². The fraction of sp³-hybridized carbons (Fsp3) is 0.0556. The van der Waals surface area contributed by atoms with Gasteiger partial charge in [0.1, 0.15) is 0 Å². The first-order valence-corrected chi connectivity index (χ1v) is 7.18. The molecule has 0 unspecified atom stereocenters. The van der Waals surface area contributed by atoms with Gasteiger partial charge in [0.2, 0.25) is 0 Å². The van der Waals surface area contributed by atoms with E-state index in [9.17, 15) is 10.1 Å². The molecule has 0 amide bonds. The second-order valence-electron chi connectivity index (χ2n) is 5.12. The molecule has 0 saturated heterocycles. The van der Waals surface area contributed by atoms with Crippen LogP contribution in [0.2, 0.25) is 0 Å². The lowest BCUT2D eigenvalue weighted by atomic mass is 10.0. The summed E-state index contributed by atoms with van der Waals surface area (Å²) in [5, 5.41) is 10.8. The van der Waals surface area contributed by atoms with Crippen molar-refractivity contribution in [3.8, 4) is 0 Å². The number of nitro benzene ring substituents is 1. The van der Waals surface area contributed by atoms with Crippen LogP contribution in [-0.2, 0) is 6.54 Å². The first kappa shape index (κ1) is 14.7. The zero-order chi connectivity index (χ0) is 16.1. The summed E-state index contributed by atoms with van der Waals surface area (Å²) in [6.07, 6.45) is 7.46. The average molecular weight is 305 g/mol. The number of hydrogen-bond donors (Lipinski definition) is 0. The number of allylic oxidation sites excluding steroid dienone is 1. The number of nitro groups is 1. The minimum absolute atomic E-state index is 0.0930. The molecule has 5 nitrogen and oxygen atoms in total. The lowest BCUT2D eigenvalue weighted by Crippen LogP contribution is -1.98. The van der Waals surface area contributed by atoms with E-state index >= 15 is 0 Å². The molecule has 114 valence electrons. The number of nitrogens with zero attached hydrogens (tertiary/aromatic N) is 3. The Morgan fingerprint density at radius 1 is 1.13 bits per heavy atom. The highest BCUT2D eigenvalue weighted by Gasteiger charge is 2.08. The maximum absolute atomic E-state index is 10.8. The molecule has 0 spiro atoms. The van der Waals surface area contributed by atoms with Crippen LogP contribution in [0.1, 0.15) is 11.1 Å². The standard InChI is InChI=1S/C18H15N3O2/c22-21(23)18-8-6-16(7-9-18)17(13-20-11-10-19-14-20)12-15-4-2-1-3-5-15/h1-12,14H,13H2/b17-12+. The van der Waals surface area contributed by atoms with Gasteiger partial charge in [0.25, 0.3) is 5.69 Å². The van der Waals surface area contributed by atoms with Crippen molar-refractivity contribution in [1.82, 2.24) is 9.55 Å². The second kappa shape index (κ2) is 6.70. The van der Waals surface area contributed by atoms with Crippen molar-refractivity contribution in [1.29, 1.82) is 0 Å². The van der Waals surface area contributed by atoms with Gasteiger partial charge in [-0.2, -0.15) is 0 Å². The van der Waals surface area contributed by atoms with Crippen LogP contribution in [0.4, 0.5) is 5.69 Å². The van der Waals surface area contributed by atoms with Gasteiger partial charge in [-0.3, -0.25) is 10.1 Å². The molecule has 0 aliphatic rings. The highest BCUT2D eigenvalue weighted by Crippen LogP contribution is 2.23. The molecule has 0 N–H and O–H groups in total. The van der Waals surface area contributed by atoms with Crippen LogP contribution >= 0.6 is 0 Å². The van der Waals surface area contributed by atoms with Crippen molar-refractivity contribution in [2.45, 2.75) is 6.54 Å². The van der Waals surface area contributed by atoms with Crippen LogP contribution in [0.15, 0.2) is 73.3 Å². The van der Waals surface area contributed by atoms with E-state index in [4.69, 9.17) is 0 Å². The summed E-state index contributed by atoms with van der Waals surface area (Å²) in [5.74, 6) is 0. The van der Waals surface area contributed by atoms with Gasteiger partial charge in [0.15, 0.2) is 0 Å². The molecule has 0 saturated carbocycles. The second-order valence-corrected chi connectivity index (χ2v) is 5.12. The van der Waals surface area contributed by atoms with Gasteiger partial charge in [-0.15, -0.1) is 0 Å². The smallest absolute Gasteiger partial charge is 0.269 e. The molecule has 0 atom stereocenters. The van der Waals surface area contributed by atoms with Gasteiger partial charge in [-0.1, -0.05) is 30.3 Å². The largest absolute Gasteiger partial charge is 0.333 e. The van der Waals surface area contributed by atoms with Crippen LogP contribution in [-0.4, -0.2) is 14.5 Å². The molecule has 1 heterocycles. The van der Waals surface area contributed by atoms with E-state index in [1.807, 2.05) is 41.1 Å². The van der Waals surface area contributed by atoms with E-state index in [1.54, 1.807) is 24.7 Å². The van der Waals surface area contributed by atoms with Crippen molar-refractivity contribution < 1.29 is 4.92 Å². The van der Waals surface area contributed by atoms with E-state index in [2.05, 4.69) is 11.1 Å². The van der Waals surface area contributed by atoms with E-state index in [0.717, 1.165) is 16.7 Å². The summed E-state index contributed by atoms with van der Waals surface area (Å²) in [6, 6.07) is 16.6. The van der Waals surface area contributed by atoms with Gasteiger partial charge in [-0.05, 0) is 34.9 Å². The quantitative estimate of drug-likeness (QED) is 0.406. The Morgan fingerprint density at radius 3 is 2.48 bits per heavy atom. The molecule has 3 aromatic rings. The predicted octanol–water partition coefficient (Wildman–Crippen LogP) is 4.03. The summed E-state index contributed by atoms with van der Waals surface area (Å²) < 4.78 is 1.97. The van der Waals surface area contributed by atoms with Crippen LogP contribution in [0, 0.1) is 10.1 Å². The third kappa shape index (κ3) is 3.71. The maximum atomic E-state index is 10.8. The minimum atomic E-state index is -0.389. The third-order valence-corrected chi connectivity index (χ3v) is 3.50. The fourth-order valence-corrected chi connectivity index (χ4v) is 2.34. The minimum Gasteiger partial charge on any atom is -0.333 e. The first-order chi connectivity index (χ1) is 11.2. The van der Waals surface area contributed by atoms with E-state index in [-0.39, 0.29) is 10.6 Å². The zero-order valence-electron chi connectivity index (χ0n) is 12.4. The molecule has 0 bridgehead atoms. The van der Waals surface area contributed by atoms with Crippen LogP contribution in [0.5, 0.6) is 0 Å². The number of benzene rings is 2. The Kier molecular flexibility index (Phi) is 4.29. The lowest BCUT2D eigenvalue weighted by molar-refractivity contribution is -0.384. The predicted molar refractivity (Wildman–Crippen MR) is 89.6 cm³/mol. The van der Waals surface area contributed by atoms with Crippen LogP contribution in [0.3, 0.4) is 0 Å². The summed E-state index contributed by atoms with van der Waals surface area (Å²) in [5.41, 5.74) is 3.19. The van der Waals surface area contributed by atoms with E-state index < -0.39 is 0 Å². The van der Waals surface area contributed by atoms with Crippen molar-refractivity contribution in [3.63, 3.8) is 0 Å². The Labute approximate surface area is 133 Å². The molecule has 0 fully saturated rings. The van der Waals surface area contributed by atoms with Gasteiger partial charge < -0.3 is 4.57 Å². The molecular weight excluding hydrogens is 290 g/mol. The van der Waals surface area contributed by atoms with E-state index in [1.165, 1.54) is 12.1 Å². The molecule has 0 radical (unpaired) electrons. The van der Waals surface area contributed by atoms with Crippen molar-refractivity contribution >= 4 is 17.3 Å². The van der Waals surface area contributed by atoms with Gasteiger partial charge in [0, 0.05) is 31.1 Å².